The smallest absolute Gasteiger partial charge is 0.238 e. The van der Waals surface area contributed by atoms with E-state index in [1.54, 1.807) is 12.1 Å². The number of aliphatic imine (C=N–C) groups is 1. The molecule has 11 nitrogen and oxygen atoms in total. The second-order valence-electron chi connectivity index (χ2n) is 8.46. The van der Waals surface area contributed by atoms with Gasteiger partial charge < -0.3 is 15.4 Å². The molecule has 0 unspecified atom stereocenters. The molecule has 0 amide bonds. The average Bonchev–Trinajstić information content (AvgIpc) is 2.81. The molecule has 0 atom stereocenters. The van der Waals surface area contributed by atoms with Gasteiger partial charge in [-0.3, -0.25) is 15.2 Å². The quantitative estimate of drug-likeness (QED) is 0.159. The number of aromatic nitrogens is 2. The van der Waals surface area contributed by atoms with Crippen LogP contribution in [-0.2, 0) is 21.2 Å². The van der Waals surface area contributed by atoms with Gasteiger partial charge in [0.05, 0.1) is 18.1 Å². The number of hydrogen-bond acceptors (Lipinski definition) is 8. The number of ether oxygens (including phenoxy) is 1. The van der Waals surface area contributed by atoms with Crippen LogP contribution in [0.25, 0.3) is 0 Å². The minimum absolute atomic E-state index is 0.0794. The first kappa shape index (κ1) is 27.9. The number of anilines is 1. The second kappa shape index (κ2) is 13.6. The molecule has 36 heavy (non-hydrogen) atoms. The van der Waals surface area contributed by atoms with Crippen molar-refractivity contribution >= 4 is 39.3 Å². The number of benzene rings is 1. The highest BCUT2D eigenvalue weighted by molar-refractivity contribution is 7.89. The fourth-order valence-electron chi connectivity index (χ4n) is 3.62. The van der Waals surface area contributed by atoms with Crippen molar-refractivity contribution in [3.8, 4) is 0 Å². The molecule has 13 heteroatoms. The molecule has 0 aliphatic carbocycles. The third-order valence-electron chi connectivity index (χ3n) is 5.41. The van der Waals surface area contributed by atoms with Crippen LogP contribution in [0.2, 0.25) is 0 Å². The topological polar surface area (TPSA) is 147 Å². The number of nitrogens with zero attached hydrogens (tertiary/aromatic N) is 4. The standard InChI is InChI=1S/C23H34N8O3S2/c1-17-16-18(2)28-22(27-17)29-21(25-10-8-19-4-6-20(7-5-19)36(24,32)33)30-23(35)26-9-3-11-31-12-14-34-15-13-31/h4-7,16H,3,8-15H2,1-2H3,(H2,24,32,33)(H3,25,26,27,28,29,30,35). The highest BCUT2D eigenvalue weighted by atomic mass is 32.2. The van der Waals surface area contributed by atoms with Crippen LogP contribution in [-0.4, -0.2) is 80.3 Å². The number of guanidine groups is 1. The van der Waals surface area contributed by atoms with Gasteiger partial charge in [-0.2, -0.15) is 0 Å². The van der Waals surface area contributed by atoms with Gasteiger partial charge in [0.25, 0.3) is 0 Å². The fourth-order valence-corrected chi connectivity index (χ4v) is 4.34. The van der Waals surface area contributed by atoms with Crippen molar-refractivity contribution in [2.45, 2.75) is 31.6 Å². The Bertz CT molecular complexity index is 1130. The van der Waals surface area contributed by atoms with E-state index in [4.69, 9.17) is 22.1 Å². The van der Waals surface area contributed by atoms with Crippen LogP contribution in [0, 0.1) is 13.8 Å². The Balaban J connectivity index is 1.57. The van der Waals surface area contributed by atoms with Crippen molar-refractivity contribution in [3.05, 3.63) is 47.3 Å². The summed E-state index contributed by atoms with van der Waals surface area (Å²) in [5.41, 5.74) is 2.60. The zero-order chi connectivity index (χ0) is 26.0. The summed E-state index contributed by atoms with van der Waals surface area (Å²) >= 11 is 5.47. The normalized spacial score (nSPS) is 14.9. The van der Waals surface area contributed by atoms with Crippen LogP contribution >= 0.6 is 12.2 Å². The zero-order valence-electron chi connectivity index (χ0n) is 20.7. The SMILES string of the molecule is Cc1cc(C)nc(NC(=NCCc2ccc(S(N)(=O)=O)cc2)NC(=S)NCCCN2CCOCC2)n1. The summed E-state index contributed by atoms with van der Waals surface area (Å²) in [6.45, 7) is 9.44. The first-order valence-electron chi connectivity index (χ1n) is 11.8. The Labute approximate surface area is 218 Å². The Morgan fingerprint density at radius 2 is 1.83 bits per heavy atom. The van der Waals surface area contributed by atoms with Gasteiger partial charge in [0.2, 0.25) is 21.9 Å². The highest BCUT2D eigenvalue weighted by Crippen LogP contribution is 2.09. The second-order valence-corrected chi connectivity index (χ2v) is 10.4. The van der Waals surface area contributed by atoms with Crippen molar-refractivity contribution < 1.29 is 13.2 Å². The van der Waals surface area contributed by atoms with Crippen molar-refractivity contribution in [1.29, 1.82) is 0 Å². The molecule has 1 aromatic carbocycles. The van der Waals surface area contributed by atoms with Crippen LogP contribution in [0.15, 0.2) is 40.2 Å². The summed E-state index contributed by atoms with van der Waals surface area (Å²) in [5.74, 6) is 0.846. The Morgan fingerprint density at radius 1 is 1.17 bits per heavy atom. The number of morpholine rings is 1. The van der Waals surface area contributed by atoms with Crippen LogP contribution in [0.1, 0.15) is 23.4 Å². The maximum absolute atomic E-state index is 11.4. The van der Waals surface area contributed by atoms with Crippen molar-refractivity contribution in [2.24, 2.45) is 10.1 Å². The van der Waals surface area contributed by atoms with E-state index >= 15 is 0 Å². The lowest BCUT2D eigenvalue weighted by Crippen LogP contribution is -2.44. The molecule has 2 aromatic rings. The third-order valence-corrected chi connectivity index (χ3v) is 6.58. The molecule has 1 aliphatic heterocycles. The van der Waals surface area contributed by atoms with Crippen molar-refractivity contribution in [3.63, 3.8) is 0 Å². The van der Waals surface area contributed by atoms with E-state index in [9.17, 15) is 8.42 Å². The number of nitrogens with one attached hydrogen (secondary N) is 3. The van der Waals surface area contributed by atoms with Crippen molar-refractivity contribution in [1.82, 2.24) is 25.5 Å². The van der Waals surface area contributed by atoms with Gasteiger partial charge in [-0.1, -0.05) is 12.1 Å². The van der Waals surface area contributed by atoms with E-state index in [0.29, 0.717) is 30.0 Å². The summed E-state index contributed by atoms with van der Waals surface area (Å²) in [7, 11) is -3.72. The number of primary sulfonamides is 1. The highest BCUT2D eigenvalue weighted by Gasteiger charge is 2.11. The lowest BCUT2D eigenvalue weighted by Gasteiger charge is -2.26. The molecular weight excluding hydrogens is 500 g/mol. The molecule has 5 N–H and O–H groups in total. The number of aryl methyl sites for hydroxylation is 2. The van der Waals surface area contributed by atoms with E-state index in [1.165, 1.54) is 12.1 Å². The fraction of sp³-hybridized carbons (Fsp3) is 0.478. The molecule has 2 heterocycles. The lowest BCUT2D eigenvalue weighted by molar-refractivity contribution is 0.0376. The van der Waals surface area contributed by atoms with Gasteiger partial charge in [-0.05, 0) is 69.2 Å². The largest absolute Gasteiger partial charge is 0.379 e. The van der Waals surface area contributed by atoms with Gasteiger partial charge in [0.15, 0.2) is 5.11 Å². The Morgan fingerprint density at radius 3 is 2.47 bits per heavy atom. The minimum Gasteiger partial charge on any atom is -0.379 e. The van der Waals surface area contributed by atoms with Crippen LogP contribution in [0.3, 0.4) is 0 Å². The van der Waals surface area contributed by atoms with Crippen LogP contribution < -0.4 is 21.1 Å². The minimum atomic E-state index is -3.72. The maximum Gasteiger partial charge on any atom is 0.238 e. The molecule has 1 aliphatic rings. The number of sulfonamides is 1. The lowest BCUT2D eigenvalue weighted by atomic mass is 10.1. The summed E-state index contributed by atoms with van der Waals surface area (Å²) in [4.78, 5) is 15.9. The Kier molecular flexibility index (Phi) is 10.5. The monoisotopic (exact) mass is 534 g/mol. The maximum atomic E-state index is 11.4. The molecule has 1 saturated heterocycles. The molecular formula is C23H34N8O3S2. The van der Waals surface area contributed by atoms with Gasteiger partial charge in [0.1, 0.15) is 0 Å². The molecule has 3 rings (SSSR count). The predicted molar refractivity (Wildman–Crippen MR) is 145 cm³/mol. The van der Waals surface area contributed by atoms with E-state index < -0.39 is 10.0 Å². The number of thiocarbonyl (C=S) groups is 1. The van der Waals surface area contributed by atoms with E-state index in [-0.39, 0.29) is 4.90 Å². The van der Waals surface area contributed by atoms with Crippen LogP contribution in [0.4, 0.5) is 5.95 Å². The number of hydrogen-bond donors (Lipinski definition) is 4. The number of rotatable bonds is 9. The summed E-state index contributed by atoms with van der Waals surface area (Å²) in [6, 6.07) is 8.32. The molecule has 1 fully saturated rings. The molecule has 0 spiro atoms. The van der Waals surface area contributed by atoms with Crippen molar-refractivity contribution in [2.75, 3.05) is 51.3 Å². The third kappa shape index (κ3) is 9.74. The molecule has 0 radical (unpaired) electrons. The molecule has 0 saturated carbocycles. The zero-order valence-corrected chi connectivity index (χ0v) is 22.3. The van der Waals surface area contributed by atoms with Gasteiger partial charge >= 0.3 is 0 Å². The van der Waals surface area contributed by atoms with E-state index in [2.05, 4.69) is 35.8 Å². The first-order chi connectivity index (χ1) is 17.2. The van der Waals surface area contributed by atoms with Gasteiger partial charge in [-0.25, -0.2) is 23.5 Å². The summed E-state index contributed by atoms with van der Waals surface area (Å²) in [5, 5.41) is 15.1. The van der Waals surface area contributed by atoms with E-state index in [1.807, 2.05) is 19.9 Å². The Hall–Kier alpha value is -2.71. The molecule has 196 valence electrons. The average molecular weight is 535 g/mol. The van der Waals surface area contributed by atoms with Crippen LogP contribution in [0.5, 0.6) is 0 Å². The summed E-state index contributed by atoms with van der Waals surface area (Å²) in [6.07, 6.45) is 1.54. The van der Waals surface area contributed by atoms with Gasteiger partial charge in [0, 0.05) is 37.6 Å². The van der Waals surface area contributed by atoms with Gasteiger partial charge in [-0.15, -0.1) is 0 Å². The number of nitrogens with two attached hydrogens (primary N) is 1. The predicted octanol–water partition coefficient (Wildman–Crippen LogP) is 0.938. The molecule has 1 aromatic heterocycles. The molecule has 0 bridgehead atoms. The van der Waals surface area contributed by atoms with E-state index in [0.717, 1.165) is 62.8 Å². The summed E-state index contributed by atoms with van der Waals surface area (Å²) < 4.78 is 28.3. The first-order valence-corrected chi connectivity index (χ1v) is 13.7.